The van der Waals surface area contributed by atoms with Gasteiger partial charge in [0.05, 0.1) is 5.56 Å². The Bertz CT molecular complexity index is 736. The van der Waals surface area contributed by atoms with E-state index in [0.29, 0.717) is 17.8 Å². The lowest BCUT2D eigenvalue weighted by Gasteiger charge is -2.55. The number of hydrogen-bond donors (Lipinski definition) is 3. The van der Waals surface area contributed by atoms with E-state index >= 15 is 0 Å². The van der Waals surface area contributed by atoms with E-state index in [-0.39, 0.29) is 23.3 Å². The summed E-state index contributed by atoms with van der Waals surface area (Å²) in [5.74, 6) is 0.374. The molecule has 4 aliphatic rings. The lowest BCUT2D eigenvalue weighted by molar-refractivity contribution is -0.148. The molecule has 0 radical (unpaired) electrons. The third kappa shape index (κ3) is 3.45. The van der Waals surface area contributed by atoms with Gasteiger partial charge in [0, 0.05) is 11.8 Å². The first kappa shape index (κ1) is 18.0. The van der Waals surface area contributed by atoms with Crippen LogP contribution in [0.4, 0.5) is 0 Å². The molecular formula is C21H26N2O4. The van der Waals surface area contributed by atoms with Gasteiger partial charge in [-0.1, -0.05) is 12.1 Å². The zero-order chi connectivity index (χ0) is 19.2. The molecule has 0 heterocycles. The number of primary amides is 1. The Labute approximate surface area is 158 Å². The standard InChI is InChI=1S/C21H26N2O4/c22-18(24)17(8-12-1-3-16(4-2-12)19(25)26)23-20(27)21-9-13-5-14(10-21)7-15(6-13)11-21/h1-4,13-15,17H,5-11H2,(H2,22,24)(H,23,27)(H,25,26)/t13?,14?,15?,17-,21?/m0/s1. The Balaban J connectivity index is 1.46. The van der Waals surface area contributed by atoms with Gasteiger partial charge in [0.2, 0.25) is 11.8 Å². The van der Waals surface area contributed by atoms with Crippen molar-refractivity contribution in [3.63, 3.8) is 0 Å². The Hall–Kier alpha value is -2.37. The van der Waals surface area contributed by atoms with Gasteiger partial charge < -0.3 is 16.2 Å². The number of nitrogens with one attached hydrogen (secondary N) is 1. The average Bonchev–Trinajstić information content (AvgIpc) is 2.60. The molecule has 4 aliphatic carbocycles. The maximum absolute atomic E-state index is 13.1. The van der Waals surface area contributed by atoms with Crippen molar-refractivity contribution < 1.29 is 19.5 Å². The highest BCUT2D eigenvalue weighted by molar-refractivity contribution is 5.90. The Morgan fingerprint density at radius 2 is 1.56 bits per heavy atom. The molecule has 6 heteroatoms. The van der Waals surface area contributed by atoms with Crippen molar-refractivity contribution in [2.24, 2.45) is 28.9 Å². The molecule has 6 nitrogen and oxygen atoms in total. The van der Waals surface area contributed by atoms with Gasteiger partial charge in [0.1, 0.15) is 6.04 Å². The molecule has 1 aromatic rings. The summed E-state index contributed by atoms with van der Waals surface area (Å²) in [5.41, 5.74) is 6.19. The van der Waals surface area contributed by atoms with Gasteiger partial charge in [0.15, 0.2) is 0 Å². The van der Waals surface area contributed by atoms with Crippen LogP contribution in [0.25, 0.3) is 0 Å². The molecule has 4 fully saturated rings. The Morgan fingerprint density at radius 3 is 2.00 bits per heavy atom. The summed E-state index contributed by atoms with van der Waals surface area (Å²) < 4.78 is 0. The van der Waals surface area contributed by atoms with Gasteiger partial charge in [-0.3, -0.25) is 9.59 Å². The fourth-order valence-electron chi connectivity index (χ4n) is 5.94. The Kier molecular flexibility index (Phi) is 4.44. The third-order valence-corrected chi connectivity index (χ3v) is 6.81. The fraction of sp³-hybridized carbons (Fsp3) is 0.571. The van der Waals surface area contributed by atoms with Crippen LogP contribution in [0.2, 0.25) is 0 Å². The maximum Gasteiger partial charge on any atom is 0.335 e. The Morgan fingerprint density at radius 1 is 1.04 bits per heavy atom. The fourth-order valence-corrected chi connectivity index (χ4v) is 5.94. The summed E-state index contributed by atoms with van der Waals surface area (Å²) in [7, 11) is 0. The molecule has 1 aromatic carbocycles. The van der Waals surface area contributed by atoms with Crippen LogP contribution in [-0.2, 0) is 16.0 Å². The summed E-state index contributed by atoms with van der Waals surface area (Å²) in [4.78, 5) is 36.1. The molecule has 2 amide bonds. The van der Waals surface area contributed by atoms with E-state index in [4.69, 9.17) is 10.8 Å². The van der Waals surface area contributed by atoms with E-state index in [9.17, 15) is 14.4 Å². The number of nitrogens with two attached hydrogens (primary N) is 1. The van der Waals surface area contributed by atoms with Crippen molar-refractivity contribution in [3.8, 4) is 0 Å². The van der Waals surface area contributed by atoms with Crippen LogP contribution >= 0.6 is 0 Å². The van der Waals surface area contributed by atoms with E-state index in [0.717, 1.165) is 24.8 Å². The largest absolute Gasteiger partial charge is 0.478 e. The molecule has 1 atom stereocenters. The van der Waals surface area contributed by atoms with Gasteiger partial charge >= 0.3 is 5.97 Å². The lowest BCUT2D eigenvalue weighted by atomic mass is 9.49. The number of carboxylic acid groups (broad SMARTS) is 1. The monoisotopic (exact) mass is 370 g/mol. The van der Waals surface area contributed by atoms with Crippen LogP contribution in [-0.4, -0.2) is 28.9 Å². The van der Waals surface area contributed by atoms with Crippen molar-refractivity contribution in [2.45, 2.75) is 51.0 Å². The molecule has 0 aromatic heterocycles. The van der Waals surface area contributed by atoms with Gasteiger partial charge in [-0.05, 0) is 74.0 Å². The molecule has 144 valence electrons. The minimum atomic E-state index is -0.997. The van der Waals surface area contributed by atoms with Gasteiger partial charge in [-0.15, -0.1) is 0 Å². The number of amides is 2. The number of carboxylic acids is 1. The number of carbonyl (C=O) groups is 3. The number of rotatable bonds is 6. The van der Waals surface area contributed by atoms with Crippen molar-refractivity contribution in [3.05, 3.63) is 35.4 Å². The van der Waals surface area contributed by atoms with Crippen LogP contribution in [0.5, 0.6) is 0 Å². The molecule has 0 saturated heterocycles. The van der Waals surface area contributed by atoms with Crippen molar-refractivity contribution >= 4 is 17.8 Å². The lowest BCUT2D eigenvalue weighted by Crippen LogP contribution is -2.57. The van der Waals surface area contributed by atoms with E-state index < -0.39 is 17.9 Å². The molecule has 27 heavy (non-hydrogen) atoms. The van der Waals surface area contributed by atoms with Crippen LogP contribution in [0.1, 0.15) is 54.4 Å². The zero-order valence-corrected chi connectivity index (χ0v) is 15.3. The molecule has 5 rings (SSSR count). The van der Waals surface area contributed by atoms with Gasteiger partial charge in [-0.25, -0.2) is 4.79 Å². The van der Waals surface area contributed by atoms with Crippen molar-refractivity contribution in [1.29, 1.82) is 0 Å². The number of hydrogen-bond acceptors (Lipinski definition) is 3. The quantitative estimate of drug-likeness (QED) is 0.712. The zero-order valence-electron chi connectivity index (χ0n) is 15.3. The molecule has 0 spiro atoms. The van der Waals surface area contributed by atoms with Crippen LogP contribution in [0.3, 0.4) is 0 Å². The molecule has 4 saturated carbocycles. The third-order valence-electron chi connectivity index (χ3n) is 6.81. The molecule has 4 bridgehead atoms. The maximum atomic E-state index is 13.1. The first-order chi connectivity index (χ1) is 12.8. The van der Waals surface area contributed by atoms with Crippen molar-refractivity contribution in [1.82, 2.24) is 5.32 Å². The predicted octanol–water partition coefficient (Wildman–Crippen LogP) is 2.11. The number of carbonyl (C=O) groups excluding carboxylic acids is 2. The van der Waals surface area contributed by atoms with E-state index in [1.807, 2.05) is 0 Å². The highest BCUT2D eigenvalue weighted by Gasteiger charge is 2.54. The van der Waals surface area contributed by atoms with E-state index in [2.05, 4.69) is 5.32 Å². The van der Waals surface area contributed by atoms with E-state index in [1.54, 1.807) is 12.1 Å². The number of benzene rings is 1. The minimum Gasteiger partial charge on any atom is -0.478 e. The summed E-state index contributed by atoms with van der Waals surface area (Å²) in [6, 6.07) is 5.54. The van der Waals surface area contributed by atoms with Crippen LogP contribution in [0.15, 0.2) is 24.3 Å². The van der Waals surface area contributed by atoms with Crippen LogP contribution in [0, 0.1) is 23.2 Å². The molecule has 0 unspecified atom stereocenters. The summed E-state index contributed by atoms with van der Waals surface area (Å²) in [6.07, 6.45) is 6.83. The molecule has 4 N–H and O–H groups in total. The second kappa shape index (κ2) is 6.66. The van der Waals surface area contributed by atoms with Crippen LogP contribution < -0.4 is 11.1 Å². The first-order valence-corrected chi connectivity index (χ1v) is 9.77. The first-order valence-electron chi connectivity index (χ1n) is 9.77. The normalized spacial score (nSPS) is 32.1. The smallest absolute Gasteiger partial charge is 0.335 e. The summed E-state index contributed by atoms with van der Waals surface area (Å²) >= 11 is 0. The predicted molar refractivity (Wildman–Crippen MR) is 98.8 cm³/mol. The van der Waals surface area contributed by atoms with Gasteiger partial charge in [-0.2, -0.15) is 0 Å². The SMILES string of the molecule is NC(=O)[C@H](Cc1ccc(C(=O)O)cc1)NC(=O)C12CC3CC(CC(C3)C1)C2. The second-order valence-corrected chi connectivity index (χ2v) is 8.83. The minimum absolute atomic E-state index is 0.0208. The highest BCUT2D eigenvalue weighted by Crippen LogP contribution is 2.60. The summed E-state index contributed by atoms with van der Waals surface area (Å²) in [5, 5.41) is 11.9. The second-order valence-electron chi connectivity index (χ2n) is 8.83. The molecular weight excluding hydrogens is 344 g/mol. The highest BCUT2D eigenvalue weighted by atomic mass is 16.4. The van der Waals surface area contributed by atoms with E-state index in [1.165, 1.54) is 31.4 Å². The number of aromatic carboxylic acids is 1. The summed E-state index contributed by atoms with van der Waals surface area (Å²) in [6.45, 7) is 0. The topological polar surface area (TPSA) is 109 Å². The average molecular weight is 370 g/mol. The van der Waals surface area contributed by atoms with Crippen molar-refractivity contribution in [2.75, 3.05) is 0 Å². The molecule has 0 aliphatic heterocycles. The van der Waals surface area contributed by atoms with Gasteiger partial charge in [0.25, 0.3) is 0 Å².